The molecule has 0 spiro atoms. The van der Waals surface area contributed by atoms with Gasteiger partial charge < -0.3 is 5.32 Å². The monoisotopic (exact) mass is 342 g/mol. The Hall–Kier alpha value is -2.52. The molecule has 0 unspecified atom stereocenters. The zero-order chi connectivity index (χ0) is 15.6. The number of nitrogens with one attached hydrogen (secondary N) is 1. The molecule has 0 bridgehead atoms. The van der Waals surface area contributed by atoms with Gasteiger partial charge in [-0.2, -0.15) is 0 Å². The molecule has 0 fully saturated rings. The van der Waals surface area contributed by atoms with Crippen LogP contribution in [0, 0.1) is 0 Å². The lowest BCUT2D eigenvalue weighted by molar-refractivity contribution is -0.113. The number of hydrogen-bond acceptors (Lipinski definition) is 7. The van der Waals surface area contributed by atoms with E-state index >= 15 is 0 Å². The van der Waals surface area contributed by atoms with Gasteiger partial charge in [-0.25, -0.2) is 19.5 Å². The largest absolute Gasteiger partial charge is 0.301 e. The summed E-state index contributed by atoms with van der Waals surface area (Å²) in [6.07, 6.45) is 3.28. The van der Waals surface area contributed by atoms with Crippen LogP contribution < -0.4 is 5.32 Å². The van der Waals surface area contributed by atoms with Gasteiger partial charge in [-0.05, 0) is 12.1 Å². The van der Waals surface area contributed by atoms with E-state index in [1.54, 1.807) is 17.0 Å². The van der Waals surface area contributed by atoms with Gasteiger partial charge in [-0.3, -0.25) is 4.79 Å². The normalized spacial score (nSPS) is 11.1. The Kier molecular flexibility index (Phi) is 3.64. The fraction of sp³-hybridized carbons (Fsp3) is 0.0714. The van der Waals surface area contributed by atoms with Crippen molar-refractivity contribution in [3.8, 4) is 0 Å². The second-order valence-electron chi connectivity index (χ2n) is 4.60. The van der Waals surface area contributed by atoms with Crippen molar-refractivity contribution in [3.63, 3.8) is 0 Å². The van der Waals surface area contributed by atoms with Crippen LogP contribution in [0.15, 0.2) is 47.3 Å². The van der Waals surface area contributed by atoms with Crippen LogP contribution in [0.4, 0.5) is 5.13 Å². The summed E-state index contributed by atoms with van der Waals surface area (Å²) in [5.41, 5.74) is 1.60. The van der Waals surface area contributed by atoms with Gasteiger partial charge in [0.15, 0.2) is 10.8 Å². The third-order valence-electron chi connectivity index (χ3n) is 3.07. The average molecular weight is 342 g/mol. The number of aromatic nitrogens is 5. The minimum absolute atomic E-state index is 0.133. The number of fused-ring (bicyclic) bond motifs is 3. The fourth-order valence-corrected chi connectivity index (χ4v) is 3.27. The SMILES string of the molecule is O=C(CSc1nc2c3ccccc3ncn2n1)Nc1nccs1. The molecule has 0 saturated heterocycles. The molecular formula is C14H10N6OS2. The highest BCUT2D eigenvalue weighted by Gasteiger charge is 2.11. The van der Waals surface area contributed by atoms with Crippen LogP contribution in [0.1, 0.15) is 0 Å². The number of thioether (sulfide) groups is 1. The van der Waals surface area contributed by atoms with Crippen molar-refractivity contribution in [1.29, 1.82) is 0 Å². The smallest absolute Gasteiger partial charge is 0.236 e. The van der Waals surface area contributed by atoms with Crippen molar-refractivity contribution in [2.75, 3.05) is 11.1 Å². The van der Waals surface area contributed by atoms with Gasteiger partial charge in [0, 0.05) is 17.0 Å². The number of hydrogen-bond donors (Lipinski definition) is 1. The summed E-state index contributed by atoms with van der Waals surface area (Å²) >= 11 is 2.66. The highest BCUT2D eigenvalue weighted by atomic mass is 32.2. The second-order valence-corrected chi connectivity index (χ2v) is 6.44. The molecule has 0 saturated carbocycles. The Labute approximate surface area is 138 Å². The first-order chi connectivity index (χ1) is 11.3. The zero-order valence-electron chi connectivity index (χ0n) is 11.7. The third kappa shape index (κ3) is 2.88. The molecule has 1 N–H and O–H groups in total. The first-order valence-electron chi connectivity index (χ1n) is 6.72. The molecule has 0 aliphatic rings. The summed E-state index contributed by atoms with van der Waals surface area (Å²) in [6, 6.07) is 7.75. The number of benzene rings is 1. The van der Waals surface area contributed by atoms with Gasteiger partial charge >= 0.3 is 0 Å². The number of carbonyl (C=O) groups is 1. The molecule has 0 atom stereocenters. The van der Waals surface area contributed by atoms with E-state index in [2.05, 4.69) is 25.4 Å². The van der Waals surface area contributed by atoms with E-state index in [1.165, 1.54) is 23.1 Å². The van der Waals surface area contributed by atoms with Crippen molar-refractivity contribution in [1.82, 2.24) is 24.6 Å². The predicted molar refractivity (Wildman–Crippen MR) is 89.8 cm³/mol. The lowest BCUT2D eigenvalue weighted by Crippen LogP contribution is -2.13. The maximum Gasteiger partial charge on any atom is 0.236 e. The highest BCUT2D eigenvalue weighted by molar-refractivity contribution is 7.99. The molecular weight excluding hydrogens is 332 g/mol. The number of amides is 1. The molecule has 9 heteroatoms. The summed E-state index contributed by atoms with van der Waals surface area (Å²) in [5.74, 6) is 0.0914. The van der Waals surface area contributed by atoms with Crippen molar-refractivity contribution in [2.45, 2.75) is 5.16 Å². The van der Waals surface area contributed by atoms with E-state index in [0.717, 1.165) is 16.6 Å². The van der Waals surface area contributed by atoms with E-state index in [4.69, 9.17) is 0 Å². The van der Waals surface area contributed by atoms with E-state index in [1.807, 2.05) is 29.6 Å². The quantitative estimate of drug-likeness (QED) is 0.574. The molecule has 7 nitrogen and oxygen atoms in total. The molecule has 1 aromatic carbocycles. The number of para-hydroxylation sites is 1. The Balaban J connectivity index is 1.53. The van der Waals surface area contributed by atoms with E-state index < -0.39 is 0 Å². The van der Waals surface area contributed by atoms with Crippen molar-refractivity contribution in [2.24, 2.45) is 0 Å². The van der Waals surface area contributed by atoms with Crippen LogP contribution in [0.2, 0.25) is 0 Å². The summed E-state index contributed by atoms with van der Waals surface area (Å²) in [5, 5.41) is 10.9. The molecule has 3 aromatic heterocycles. The van der Waals surface area contributed by atoms with Crippen LogP contribution >= 0.6 is 23.1 Å². The average Bonchev–Trinajstić information content (AvgIpc) is 3.22. The molecule has 23 heavy (non-hydrogen) atoms. The maximum atomic E-state index is 11.9. The van der Waals surface area contributed by atoms with Crippen LogP contribution in [0.25, 0.3) is 16.6 Å². The topological polar surface area (TPSA) is 85.1 Å². The standard InChI is InChI=1S/C14H10N6OS2/c21-11(17-13-15-5-6-22-13)7-23-14-18-12-9-3-1-2-4-10(9)16-8-20(12)19-14/h1-6,8H,7H2,(H,15,17,21). The van der Waals surface area contributed by atoms with E-state index in [-0.39, 0.29) is 11.7 Å². The molecule has 114 valence electrons. The summed E-state index contributed by atoms with van der Waals surface area (Å²) < 4.78 is 1.63. The van der Waals surface area contributed by atoms with Crippen LogP contribution in [0.3, 0.4) is 0 Å². The number of thiazole rings is 1. The van der Waals surface area contributed by atoms with Gasteiger partial charge in [0.1, 0.15) is 6.33 Å². The molecule has 4 rings (SSSR count). The Morgan fingerprint density at radius 1 is 1.30 bits per heavy atom. The Morgan fingerprint density at radius 3 is 3.09 bits per heavy atom. The second kappa shape index (κ2) is 5.94. The van der Waals surface area contributed by atoms with Crippen LogP contribution in [-0.4, -0.2) is 36.2 Å². The molecule has 0 aliphatic heterocycles. The summed E-state index contributed by atoms with van der Waals surface area (Å²) in [7, 11) is 0. The minimum Gasteiger partial charge on any atom is -0.301 e. The molecule has 0 aliphatic carbocycles. The predicted octanol–water partition coefficient (Wildman–Crippen LogP) is 2.46. The van der Waals surface area contributed by atoms with Gasteiger partial charge in [0.2, 0.25) is 11.1 Å². The molecule has 0 radical (unpaired) electrons. The Bertz CT molecular complexity index is 981. The van der Waals surface area contributed by atoms with E-state index in [0.29, 0.717) is 10.3 Å². The lowest BCUT2D eigenvalue weighted by Gasteiger charge is -1.98. The van der Waals surface area contributed by atoms with Gasteiger partial charge in [0.25, 0.3) is 0 Å². The maximum absolute atomic E-state index is 11.9. The van der Waals surface area contributed by atoms with Crippen molar-refractivity contribution in [3.05, 3.63) is 42.2 Å². The fourth-order valence-electron chi connectivity index (χ4n) is 2.09. The number of rotatable bonds is 4. The third-order valence-corrected chi connectivity index (χ3v) is 4.60. The molecule has 3 heterocycles. The van der Waals surface area contributed by atoms with Gasteiger partial charge in [-0.1, -0.05) is 23.9 Å². The Morgan fingerprint density at radius 2 is 2.22 bits per heavy atom. The van der Waals surface area contributed by atoms with Crippen LogP contribution in [0.5, 0.6) is 0 Å². The summed E-state index contributed by atoms with van der Waals surface area (Å²) in [4.78, 5) is 24.7. The van der Waals surface area contributed by atoms with Crippen molar-refractivity contribution < 1.29 is 4.79 Å². The minimum atomic E-state index is -0.133. The first kappa shape index (κ1) is 14.1. The zero-order valence-corrected chi connectivity index (χ0v) is 13.3. The van der Waals surface area contributed by atoms with E-state index in [9.17, 15) is 4.79 Å². The number of anilines is 1. The van der Waals surface area contributed by atoms with Gasteiger partial charge in [0.05, 0.1) is 11.3 Å². The van der Waals surface area contributed by atoms with Crippen LogP contribution in [-0.2, 0) is 4.79 Å². The van der Waals surface area contributed by atoms with Crippen molar-refractivity contribution >= 4 is 50.7 Å². The number of nitrogens with zero attached hydrogens (tertiary/aromatic N) is 5. The van der Waals surface area contributed by atoms with Gasteiger partial charge in [-0.15, -0.1) is 16.4 Å². The first-order valence-corrected chi connectivity index (χ1v) is 8.58. The molecule has 4 aromatic rings. The highest BCUT2D eigenvalue weighted by Crippen LogP contribution is 2.20. The molecule has 1 amide bonds. The summed E-state index contributed by atoms with van der Waals surface area (Å²) in [6.45, 7) is 0. The lowest BCUT2D eigenvalue weighted by atomic mass is 10.2. The number of carbonyl (C=O) groups excluding carboxylic acids is 1.